The number of carbonyl (C=O) groups is 4. The Hall–Kier alpha value is -5.12. The first-order valence-corrected chi connectivity index (χ1v) is 13.0. The average Bonchev–Trinajstić information content (AvgIpc) is 3.34. The van der Waals surface area contributed by atoms with Crippen LogP contribution in [0.3, 0.4) is 0 Å². The minimum Gasteiger partial charge on any atom is -0.465 e. The Morgan fingerprint density at radius 1 is 0.829 bits per heavy atom. The molecule has 4 rings (SSSR count). The largest absolute Gasteiger partial charge is 0.465 e. The molecule has 0 unspecified atom stereocenters. The van der Waals surface area contributed by atoms with Crippen molar-refractivity contribution in [3.05, 3.63) is 95.7 Å². The van der Waals surface area contributed by atoms with E-state index < -0.39 is 35.5 Å². The van der Waals surface area contributed by atoms with Gasteiger partial charge in [0.05, 0.1) is 29.6 Å². The Kier molecular flexibility index (Phi) is 8.72. The molecule has 41 heavy (non-hydrogen) atoms. The fourth-order valence-electron chi connectivity index (χ4n) is 4.26. The monoisotopic (exact) mass is 556 g/mol. The summed E-state index contributed by atoms with van der Waals surface area (Å²) in [5, 5.41) is 9.09. The predicted octanol–water partition coefficient (Wildman–Crippen LogP) is 5.28. The van der Waals surface area contributed by atoms with E-state index in [1.165, 1.54) is 13.2 Å². The van der Waals surface area contributed by atoms with E-state index in [2.05, 4.69) is 20.9 Å². The zero-order valence-corrected chi connectivity index (χ0v) is 23.2. The molecule has 10 nitrogen and oxygen atoms in total. The summed E-state index contributed by atoms with van der Waals surface area (Å²) in [6, 6.07) is 19.5. The van der Waals surface area contributed by atoms with Crippen molar-refractivity contribution in [2.75, 3.05) is 17.7 Å². The Balaban J connectivity index is 1.59. The molecule has 3 amide bonds. The highest BCUT2D eigenvalue weighted by Crippen LogP contribution is 2.23. The lowest BCUT2D eigenvalue weighted by molar-refractivity contribution is -0.118. The molecule has 0 aliphatic rings. The van der Waals surface area contributed by atoms with E-state index in [9.17, 15) is 19.2 Å². The van der Waals surface area contributed by atoms with Crippen LogP contribution in [0.1, 0.15) is 47.1 Å². The summed E-state index contributed by atoms with van der Waals surface area (Å²) in [5.74, 6) is -1.70. The maximum atomic E-state index is 13.6. The summed E-state index contributed by atoms with van der Waals surface area (Å²) in [6.07, 6.45) is 1.21. The van der Waals surface area contributed by atoms with E-state index in [-0.39, 0.29) is 28.9 Å². The van der Waals surface area contributed by atoms with Gasteiger partial charge in [-0.2, -0.15) is 0 Å². The Morgan fingerprint density at radius 3 is 2.12 bits per heavy atom. The van der Waals surface area contributed by atoms with Gasteiger partial charge in [0.15, 0.2) is 0 Å². The van der Waals surface area contributed by atoms with Crippen LogP contribution in [0.25, 0.3) is 10.9 Å². The molecule has 4 aromatic rings. The van der Waals surface area contributed by atoms with Crippen LogP contribution in [0.4, 0.5) is 16.2 Å². The second-order valence-electron chi connectivity index (χ2n) is 10.3. The van der Waals surface area contributed by atoms with Gasteiger partial charge in [-0.1, -0.05) is 42.5 Å². The lowest BCUT2D eigenvalue weighted by Gasteiger charge is -2.23. The number of alkyl carbamates (subject to hydrolysis) is 1. The van der Waals surface area contributed by atoms with E-state index in [1.807, 2.05) is 24.3 Å². The van der Waals surface area contributed by atoms with Gasteiger partial charge in [0, 0.05) is 23.5 Å². The van der Waals surface area contributed by atoms with Crippen molar-refractivity contribution in [2.24, 2.45) is 0 Å². The maximum Gasteiger partial charge on any atom is 0.408 e. The fourth-order valence-corrected chi connectivity index (χ4v) is 4.26. The molecule has 0 radical (unpaired) electrons. The molecule has 0 saturated heterocycles. The number of fused-ring (bicyclic) bond motifs is 1. The summed E-state index contributed by atoms with van der Waals surface area (Å²) >= 11 is 0. The van der Waals surface area contributed by atoms with Crippen molar-refractivity contribution in [1.29, 1.82) is 0 Å². The number of ether oxygens (including phenoxy) is 2. The van der Waals surface area contributed by atoms with Crippen LogP contribution in [-0.2, 0) is 20.7 Å². The lowest BCUT2D eigenvalue weighted by Crippen LogP contribution is -2.47. The van der Waals surface area contributed by atoms with Crippen LogP contribution in [0.15, 0.2) is 79.0 Å². The molecule has 0 fully saturated rings. The van der Waals surface area contributed by atoms with Gasteiger partial charge in [-0.3, -0.25) is 9.59 Å². The number of carbonyl (C=O) groups excluding carboxylic acids is 4. The van der Waals surface area contributed by atoms with Crippen molar-refractivity contribution in [3.8, 4) is 0 Å². The van der Waals surface area contributed by atoms with Crippen LogP contribution in [0.5, 0.6) is 0 Å². The smallest absolute Gasteiger partial charge is 0.408 e. The molecule has 1 atom stereocenters. The van der Waals surface area contributed by atoms with Crippen molar-refractivity contribution in [1.82, 2.24) is 10.3 Å². The first-order chi connectivity index (χ1) is 19.6. The lowest BCUT2D eigenvalue weighted by atomic mass is 10.0. The van der Waals surface area contributed by atoms with E-state index >= 15 is 0 Å². The standard InChI is InChI=1S/C31H32N4O6/c1-31(2,3)41-30(39)35-26(17-19-18-32-23-14-8-5-11-20(19)23)28(37)34-24-15-9-6-12-21(24)27(36)33-25-16-10-7-13-22(25)29(38)40-4/h5-16,18,26,32H,17H2,1-4H3,(H,33,36)(H,34,37)(H,35,39)/t26-/m0/s1. The van der Waals surface area contributed by atoms with Crippen LogP contribution >= 0.6 is 0 Å². The third-order valence-corrected chi connectivity index (χ3v) is 6.12. The van der Waals surface area contributed by atoms with Gasteiger partial charge in [0.1, 0.15) is 11.6 Å². The topological polar surface area (TPSA) is 139 Å². The number of methoxy groups -OCH3 is 1. The minimum absolute atomic E-state index is 0.156. The zero-order chi connectivity index (χ0) is 29.6. The summed E-state index contributed by atoms with van der Waals surface area (Å²) in [5.41, 5.74) is 1.77. The molecule has 212 valence electrons. The second kappa shape index (κ2) is 12.4. The number of nitrogens with one attached hydrogen (secondary N) is 4. The molecule has 0 bridgehead atoms. The number of H-pyrrole nitrogens is 1. The molecule has 0 spiro atoms. The zero-order valence-electron chi connectivity index (χ0n) is 23.2. The van der Waals surface area contributed by atoms with Gasteiger partial charge in [0.2, 0.25) is 5.91 Å². The first kappa shape index (κ1) is 28.9. The summed E-state index contributed by atoms with van der Waals surface area (Å²) < 4.78 is 10.2. The summed E-state index contributed by atoms with van der Waals surface area (Å²) in [4.78, 5) is 54.9. The third kappa shape index (κ3) is 7.30. The van der Waals surface area contributed by atoms with Crippen molar-refractivity contribution < 1.29 is 28.7 Å². The van der Waals surface area contributed by atoms with Gasteiger partial charge in [-0.05, 0) is 56.7 Å². The number of esters is 1. The highest BCUT2D eigenvalue weighted by Gasteiger charge is 2.27. The number of anilines is 2. The number of benzene rings is 3. The van der Waals surface area contributed by atoms with Gasteiger partial charge in [0.25, 0.3) is 5.91 Å². The number of hydrogen-bond acceptors (Lipinski definition) is 6. The van der Waals surface area contributed by atoms with Crippen molar-refractivity contribution >= 4 is 46.2 Å². The van der Waals surface area contributed by atoms with E-state index in [1.54, 1.807) is 69.4 Å². The molecule has 0 aliphatic carbocycles. The van der Waals surface area contributed by atoms with Crippen LogP contribution < -0.4 is 16.0 Å². The van der Waals surface area contributed by atoms with Gasteiger partial charge < -0.3 is 30.4 Å². The summed E-state index contributed by atoms with van der Waals surface area (Å²) in [6.45, 7) is 5.19. The van der Waals surface area contributed by atoms with Gasteiger partial charge >= 0.3 is 12.1 Å². The Morgan fingerprint density at radius 2 is 1.44 bits per heavy atom. The molecule has 1 heterocycles. The highest BCUT2D eigenvalue weighted by atomic mass is 16.6. The molecular formula is C31H32N4O6. The first-order valence-electron chi connectivity index (χ1n) is 13.0. The normalized spacial score (nSPS) is 11.8. The molecule has 0 aliphatic heterocycles. The SMILES string of the molecule is COC(=O)c1ccccc1NC(=O)c1ccccc1NC(=O)[C@H](Cc1c[nH]c2ccccc12)NC(=O)OC(C)(C)C. The number of aromatic nitrogens is 1. The number of para-hydroxylation sites is 3. The number of amides is 3. The molecule has 1 aromatic heterocycles. The van der Waals surface area contributed by atoms with E-state index in [0.717, 1.165) is 16.5 Å². The van der Waals surface area contributed by atoms with Gasteiger partial charge in [-0.15, -0.1) is 0 Å². The van der Waals surface area contributed by atoms with E-state index in [4.69, 9.17) is 9.47 Å². The highest BCUT2D eigenvalue weighted by molar-refractivity contribution is 6.12. The molecule has 0 saturated carbocycles. The molecule has 4 N–H and O–H groups in total. The molecule has 10 heteroatoms. The van der Waals surface area contributed by atoms with Crippen molar-refractivity contribution in [3.63, 3.8) is 0 Å². The second-order valence-corrected chi connectivity index (χ2v) is 10.3. The number of rotatable bonds is 8. The summed E-state index contributed by atoms with van der Waals surface area (Å²) in [7, 11) is 1.25. The molecular weight excluding hydrogens is 524 g/mol. The van der Waals surface area contributed by atoms with Crippen LogP contribution in [0.2, 0.25) is 0 Å². The predicted molar refractivity (Wildman–Crippen MR) is 156 cm³/mol. The Bertz CT molecular complexity index is 1590. The fraction of sp³-hybridized carbons (Fsp3) is 0.226. The van der Waals surface area contributed by atoms with Gasteiger partial charge in [-0.25, -0.2) is 9.59 Å². The number of aromatic amines is 1. The van der Waals surface area contributed by atoms with Crippen molar-refractivity contribution in [2.45, 2.75) is 38.8 Å². The van der Waals surface area contributed by atoms with Crippen LogP contribution in [0, 0.1) is 0 Å². The third-order valence-electron chi connectivity index (χ3n) is 6.12. The average molecular weight is 557 g/mol. The minimum atomic E-state index is -1.03. The maximum absolute atomic E-state index is 13.6. The van der Waals surface area contributed by atoms with E-state index in [0.29, 0.717) is 0 Å². The number of hydrogen-bond donors (Lipinski definition) is 4. The Labute approximate surface area is 237 Å². The molecule has 3 aromatic carbocycles. The van der Waals surface area contributed by atoms with Crippen LogP contribution in [-0.4, -0.2) is 47.6 Å². The quantitative estimate of drug-likeness (QED) is 0.218.